The Labute approximate surface area is 159 Å². The van der Waals surface area contributed by atoms with Gasteiger partial charge in [0.2, 0.25) is 0 Å². The molecule has 0 bridgehead atoms. The van der Waals surface area contributed by atoms with Crippen molar-refractivity contribution in [3.63, 3.8) is 0 Å². The van der Waals surface area contributed by atoms with Crippen molar-refractivity contribution in [2.45, 2.75) is 20.0 Å². The number of aromatic nitrogens is 3. The zero-order chi connectivity index (χ0) is 18.9. The highest BCUT2D eigenvalue weighted by atomic mass is 16.5. The van der Waals surface area contributed by atoms with Crippen molar-refractivity contribution in [2.24, 2.45) is 4.99 Å². The number of hydrogen-bond donors (Lipinski definition) is 2. The smallest absolute Gasteiger partial charge is 0.191 e. The maximum Gasteiger partial charge on any atom is 0.191 e. The zero-order valence-corrected chi connectivity index (χ0v) is 15.6. The van der Waals surface area contributed by atoms with Crippen molar-refractivity contribution in [1.82, 2.24) is 25.2 Å². The van der Waals surface area contributed by atoms with E-state index < -0.39 is 0 Å². The summed E-state index contributed by atoms with van der Waals surface area (Å²) >= 11 is 0. The molecule has 0 unspecified atom stereocenters. The zero-order valence-electron chi connectivity index (χ0n) is 15.6. The molecule has 0 radical (unpaired) electrons. The number of hydrogen-bond acceptors (Lipinski definition) is 4. The molecule has 0 aliphatic carbocycles. The molecule has 7 heteroatoms. The number of pyridine rings is 1. The van der Waals surface area contributed by atoms with Crippen LogP contribution in [-0.4, -0.2) is 34.1 Å². The minimum atomic E-state index is 0.558. The minimum absolute atomic E-state index is 0.558. The van der Waals surface area contributed by atoms with Crippen molar-refractivity contribution in [3.05, 3.63) is 72.4 Å². The van der Waals surface area contributed by atoms with E-state index in [1.165, 1.54) is 0 Å². The van der Waals surface area contributed by atoms with E-state index in [0.717, 1.165) is 35.2 Å². The Morgan fingerprint density at radius 3 is 2.67 bits per heavy atom. The fraction of sp³-hybridized carbons (Fsp3) is 0.250. The Balaban J connectivity index is 1.63. The highest BCUT2D eigenvalue weighted by Gasteiger charge is 2.02. The first-order valence-electron chi connectivity index (χ1n) is 8.87. The third-order valence-electron chi connectivity index (χ3n) is 3.96. The number of rotatable bonds is 7. The van der Waals surface area contributed by atoms with Crippen LogP contribution < -0.4 is 15.4 Å². The standard InChI is InChI=1S/C20H24N6O/c1-3-22-20(24-13-16-4-6-18(27-2)7-5-16)25-14-17-8-9-23-19(12-17)26-11-10-21-15-26/h4-12,15H,3,13-14H2,1-2H3,(H2,22,24,25). The van der Waals surface area contributed by atoms with E-state index in [2.05, 4.69) is 25.6 Å². The van der Waals surface area contributed by atoms with Gasteiger partial charge in [-0.3, -0.25) is 4.57 Å². The Morgan fingerprint density at radius 1 is 1.11 bits per heavy atom. The van der Waals surface area contributed by atoms with E-state index in [9.17, 15) is 0 Å². The van der Waals surface area contributed by atoms with E-state index in [1.54, 1.807) is 25.8 Å². The van der Waals surface area contributed by atoms with Crippen LogP contribution in [0.2, 0.25) is 0 Å². The molecule has 0 amide bonds. The molecule has 1 aromatic carbocycles. The first-order valence-corrected chi connectivity index (χ1v) is 8.87. The van der Waals surface area contributed by atoms with Gasteiger partial charge in [0.05, 0.1) is 13.7 Å². The summed E-state index contributed by atoms with van der Waals surface area (Å²) < 4.78 is 7.07. The normalized spacial score (nSPS) is 11.3. The van der Waals surface area contributed by atoms with E-state index in [4.69, 9.17) is 4.74 Å². The third-order valence-corrected chi connectivity index (χ3v) is 3.96. The van der Waals surface area contributed by atoms with Gasteiger partial charge in [-0.15, -0.1) is 0 Å². The molecule has 0 atom stereocenters. The second kappa shape index (κ2) is 9.38. The van der Waals surface area contributed by atoms with E-state index in [-0.39, 0.29) is 0 Å². The van der Waals surface area contributed by atoms with Crippen LogP contribution in [0.25, 0.3) is 5.82 Å². The van der Waals surface area contributed by atoms with Gasteiger partial charge in [-0.1, -0.05) is 12.1 Å². The van der Waals surface area contributed by atoms with Crippen LogP contribution in [0.1, 0.15) is 18.1 Å². The number of methoxy groups -OCH3 is 1. The fourth-order valence-electron chi connectivity index (χ4n) is 2.54. The number of nitrogens with zero attached hydrogens (tertiary/aromatic N) is 4. The van der Waals surface area contributed by atoms with Crippen molar-refractivity contribution >= 4 is 5.96 Å². The Morgan fingerprint density at radius 2 is 1.96 bits per heavy atom. The molecular weight excluding hydrogens is 340 g/mol. The van der Waals surface area contributed by atoms with Gasteiger partial charge in [0, 0.05) is 31.7 Å². The van der Waals surface area contributed by atoms with Crippen molar-refractivity contribution < 1.29 is 4.74 Å². The van der Waals surface area contributed by atoms with E-state index >= 15 is 0 Å². The van der Waals surface area contributed by atoms with Crippen molar-refractivity contribution in [2.75, 3.05) is 13.7 Å². The average Bonchev–Trinajstić information content (AvgIpc) is 3.26. The average molecular weight is 364 g/mol. The number of benzene rings is 1. The summed E-state index contributed by atoms with van der Waals surface area (Å²) in [5.41, 5.74) is 2.24. The SMILES string of the molecule is CCNC(=NCc1ccnc(-n2ccnc2)c1)NCc1ccc(OC)cc1. The summed E-state index contributed by atoms with van der Waals surface area (Å²) in [6.45, 7) is 4.09. The van der Waals surface area contributed by atoms with Crippen molar-refractivity contribution in [3.8, 4) is 11.6 Å². The molecule has 0 saturated heterocycles. The van der Waals surface area contributed by atoms with Crippen LogP contribution in [0.15, 0.2) is 66.3 Å². The predicted octanol–water partition coefficient (Wildman–Crippen LogP) is 2.53. The summed E-state index contributed by atoms with van der Waals surface area (Å²) in [7, 11) is 1.67. The second-order valence-corrected chi connectivity index (χ2v) is 5.89. The van der Waals surface area contributed by atoms with E-state index in [0.29, 0.717) is 13.1 Å². The Hall–Kier alpha value is -3.35. The van der Waals surface area contributed by atoms with Crippen LogP contribution in [0, 0.1) is 0 Å². The molecule has 2 aromatic heterocycles. The molecule has 0 saturated carbocycles. The fourth-order valence-corrected chi connectivity index (χ4v) is 2.54. The molecule has 3 aromatic rings. The van der Waals surface area contributed by atoms with Gasteiger partial charge in [-0.25, -0.2) is 15.0 Å². The van der Waals surface area contributed by atoms with Crippen LogP contribution in [0.5, 0.6) is 5.75 Å². The molecule has 140 valence electrons. The van der Waals surface area contributed by atoms with Crippen LogP contribution in [0.4, 0.5) is 0 Å². The molecule has 0 fully saturated rings. The summed E-state index contributed by atoms with van der Waals surface area (Å²) in [6.07, 6.45) is 7.13. The topological polar surface area (TPSA) is 76.4 Å². The largest absolute Gasteiger partial charge is 0.497 e. The number of guanidine groups is 1. The molecule has 2 N–H and O–H groups in total. The summed E-state index contributed by atoms with van der Waals surface area (Å²) in [5.74, 6) is 2.46. The van der Waals surface area contributed by atoms with Crippen LogP contribution >= 0.6 is 0 Å². The highest BCUT2D eigenvalue weighted by Crippen LogP contribution is 2.11. The lowest BCUT2D eigenvalue weighted by Gasteiger charge is -2.12. The maximum atomic E-state index is 5.19. The van der Waals surface area contributed by atoms with Gasteiger partial charge >= 0.3 is 0 Å². The van der Waals surface area contributed by atoms with Crippen LogP contribution in [-0.2, 0) is 13.1 Å². The predicted molar refractivity (Wildman–Crippen MR) is 106 cm³/mol. The molecule has 0 aliphatic rings. The van der Waals surface area contributed by atoms with E-state index in [1.807, 2.05) is 54.1 Å². The number of nitrogens with one attached hydrogen (secondary N) is 2. The number of ether oxygens (including phenoxy) is 1. The molecule has 7 nitrogen and oxygen atoms in total. The number of aliphatic imine (C=N–C) groups is 1. The quantitative estimate of drug-likeness (QED) is 0.498. The minimum Gasteiger partial charge on any atom is -0.497 e. The van der Waals surface area contributed by atoms with Gasteiger partial charge in [-0.2, -0.15) is 0 Å². The Bertz CT molecular complexity index is 858. The van der Waals surface area contributed by atoms with Crippen LogP contribution in [0.3, 0.4) is 0 Å². The molecular formula is C20H24N6O. The molecule has 0 spiro atoms. The summed E-state index contributed by atoms with van der Waals surface area (Å²) in [6, 6.07) is 12.0. The second-order valence-electron chi connectivity index (χ2n) is 5.89. The molecule has 27 heavy (non-hydrogen) atoms. The number of imidazole rings is 1. The highest BCUT2D eigenvalue weighted by molar-refractivity contribution is 5.79. The first-order chi connectivity index (χ1) is 13.3. The lowest BCUT2D eigenvalue weighted by atomic mass is 10.2. The maximum absolute atomic E-state index is 5.19. The van der Waals surface area contributed by atoms with Gasteiger partial charge in [-0.05, 0) is 42.3 Å². The first kappa shape index (κ1) is 18.4. The molecule has 3 rings (SSSR count). The lowest BCUT2D eigenvalue weighted by molar-refractivity contribution is 0.414. The Kier molecular flexibility index (Phi) is 6.40. The molecule has 0 aliphatic heterocycles. The van der Waals surface area contributed by atoms with Gasteiger partial charge in [0.1, 0.15) is 17.9 Å². The summed E-state index contributed by atoms with van der Waals surface area (Å²) in [4.78, 5) is 13.1. The summed E-state index contributed by atoms with van der Waals surface area (Å²) in [5, 5.41) is 6.63. The van der Waals surface area contributed by atoms with Gasteiger partial charge in [0.15, 0.2) is 5.96 Å². The monoisotopic (exact) mass is 364 g/mol. The van der Waals surface area contributed by atoms with Crippen molar-refractivity contribution in [1.29, 1.82) is 0 Å². The molecule has 2 heterocycles. The van der Waals surface area contributed by atoms with Gasteiger partial charge < -0.3 is 15.4 Å². The van der Waals surface area contributed by atoms with Gasteiger partial charge in [0.25, 0.3) is 0 Å². The third kappa shape index (κ3) is 5.31. The lowest BCUT2D eigenvalue weighted by Crippen LogP contribution is -2.36.